The zero-order valence-electron chi connectivity index (χ0n) is 16.9. The molecule has 9 heteroatoms. The van der Waals surface area contributed by atoms with Gasteiger partial charge in [0.25, 0.3) is 5.91 Å². The van der Waals surface area contributed by atoms with Gasteiger partial charge in [-0.3, -0.25) is 4.79 Å². The second-order valence-electron chi connectivity index (χ2n) is 7.34. The molecule has 0 saturated carbocycles. The molecule has 1 aliphatic rings. The highest BCUT2D eigenvalue weighted by Gasteiger charge is 2.32. The number of likely N-dealkylation sites (N-methyl/N-ethyl adjacent to an activating group) is 1. The molecule has 7 nitrogen and oxygen atoms in total. The zero-order chi connectivity index (χ0) is 21.5. The summed E-state index contributed by atoms with van der Waals surface area (Å²) in [5.74, 6) is -0.169. The zero-order valence-corrected chi connectivity index (χ0v) is 18.6. The highest BCUT2D eigenvalue weighted by Crippen LogP contribution is 2.39. The first-order chi connectivity index (χ1) is 14.3. The highest BCUT2D eigenvalue weighted by molar-refractivity contribution is 7.90. The van der Waals surface area contributed by atoms with E-state index in [0.29, 0.717) is 12.2 Å². The summed E-state index contributed by atoms with van der Waals surface area (Å²) in [4.78, 5) is 17.4. The molecule has 0 N–H and O–H groups in total. The quantitative estimate of drug-likeness (QED) is 0.615. The molecule has 2 aromatic carbocycles. The Hall–Kier alpha value is -2.78. The minimum absolute atomic E-state index is 0.165. The molecule has 0 aliphatic carbocycles. The largest absolute Gasteiger partial charge is 0.366 e. The van der Waals surface area contributed by atoms with Gasteiger partial charge in [-0.15, -0.1) is 5.10 Å². The summed E-state index contributed by atoms with van der Waals surface area (Å²) < 4.78 is 27.3. The van der Waals surface area contributed by atoms with Crippen LogP contribution in [-0.2, 0) is 9.84 Å². The number of sulfone groups is 1. The number of rotatable bonds is 4. The van der Waals surface area contributed by atoms with Gasteiger partial charge in [-0.25, -0.2) is 8.42 Å². The first-order valence-corrected chi connectivity index (χ1v) is 12.3. The maximum Gasteiger partial charge on any atom is 0.279 e. The minimum atomic E-state index is -3.25. The van der Waals surface area contributed by atoms with Crippen LogP contribution >= 0.6 is 11.5 Å². The third-order valence-electron chi connectivity index (χ3n) is 5.34. The van der Waals surface area contributed by atoms with Gasteiger partial charge in [-0.1, -0.05) is 22.7 Å². The predicted octanol–water partition coefficient (Wildman–Crippen LogP) is 3.48. The summed E-state index contributed by atoms with van der Waals surface area (Å²) in [6, 6.07) is 13.0. The summed E-state index contributed by atoms with van der Waals surface area (Å²) >= 11 is 1.15. The number of benzene rings is 2. The van der Waals surface area contributed by atoms with Crippen molar-refractivity contribution in [2.24, 2.45) is 0 Å². The summed E-state index contributed by atoms with van der Waals surface area (Å²) in [6.07, 6.45) is 1.19. The SMILES string of the molecule is CCN1c2ccc(-c3ccc(S(C)(=O)=O)cc3)cc2N(C(=O)c2csnn2)C[C@@H]1C. The lowest BCUT2D eigenvalue weighted by atomic mass is 10.0. The van der Waals surface area contributed by atoms with E-state index >= 15 is 0 Å². The van der Waals surface area contributed by atoms with Crippen LogP contribution in [0.25, 0.3) is 11.1 Å². The topological polar surface area (TPSA) is 83.5 Å². The normalized spacial score (nSPS) is 16.4. The molecule has 156 valence electrons. The van der Waals surface area contributed by atoms with Crippen molar-refractivity contribution in [2.45, 2.75) is 24.8 Å². The number of carbonyl (C=O) groups excluding carboxylic acids is 1. The first-order valence-electron chi connectivity index (χ1n) is 9.59. The molecule has 0 radical (unpaired) electrons. The van der Waals surface area contributed by atoms with Crippen LogP contribution in [0.3, 0.4) is 0 Å². The molecule has 4 rings (SSSR count). The number of fused-ring (bicyclic) bond motifs is 1. The predicted molar refractivity (Wildman–Crippen MR) is 119 cm³/mol. The van der Waals surface area contributed by atoms with Gasteiger partial charge in [0.15, 0.2) is 15.5 Å². The number of anilines is 2. The number of hydrogen-bond donors (Lipinski definition) is 0. The van der Waals surface area contributed by atoms with E-state index in [0.717, 1.165) is 40.6 Å². The molecule has 0 saturated heterocycles. The molecular weight excluding hydrogens is 420 g/mol. The second-order valence-corrected chi connectivity index (χ2v) is 9.97. The molecule has 30 heavy (non-hydrogen) atoms. The van der Waals surface area contributed by atoms with Crippen LogP contribution in [0.5, 0.6) is 0 Å². The van der Waals surface area contributed by atoms with Gasteiger partial charge < -0.3 is 9.80 Å². The van der Waals surface area contributed by atoms with Gasteiger partial charge in [-0.2, -0.15) is 0 Å². The van der Waals surface area contributed by atoms with E-state index in [4.69, 9.17) is 0 Å². The molecule has 0 fully saturated rings. The van der Waals surface area contributed by atoms with E-state index < -0.39 is 9.84 Å². The Labute approximate surface area is 180 Å². The molecule has 2 heterocycles. The third-order valence-corrected chi connectivity index (χ3v) is 6.97. The molecule has 0 unspecified atom stereocenters. The van der Waals surface area contributed by atoms with Crippen LogP contribution in [0.15, 0.2) is 52.7 Å². The van der Waals surface area contributed by atoms with Crippen molar-refractivity contribution in [3.8, 4) is 11.1 Å². The average molecular weight is 443 g/mol. The maximum absolute atomic E-state index is 13.1. The lowest BCUT2D eigenvalue weighted by Crippen LogP contribution is -2.49. The molecule has 1 amide bonds. The summed E-state index contributed by atoms with van der Waals surface area (Å²) in [7, 11) is -3.25. The van der Waals surface area contributed by atoms with Crippen LogP contribution in [0.4, 0.5) is 11.4 Å². The van der Waals surface area contributed by atoms with Crippen LogP contribution in [-0.4, -0.2) is 49.3 Å². The van der Waals surface area contributed by atoms with E-state index in [-0.39, 0.29) is 16.8 Å². The van der Waals surface area contributed by atoms with Crippen molar-refractivity contribution in [2.75, 3.05) is 29.1 Å². The number of nitrogens with zero attached hydrogens (tertiary/aromatic N) is 4. The molecule has 0 bridgehead atoms. The molecule has 1 aromatic heterocycles. The van der Waals surface area contributed by atoms with Crippen molar-refractivity contribution >= 4 is 38.7 Å². The van der Waals surface area contributed by atoms with Gasteiger partial charge in [0.1, 0.15) is 0 Å². The standard InChI is InChI=1S/C21H22N4O3S2/c1-4-24-14(2)12-25(21(26)18-13-29-23-22-18)20-11-16(7-10-19(20)24)15-5-8-17(9-6-15)30(3,27)28/h5-11,13-14H,4,12H2,1-3H3/t14-/m0/s1. The number of hydrogen-bond acceptors (Lipinski definition) is 7. The van der Waals surface area contributed by atoms with E-state index in [1.54, 1.807) is 34.5 Å². The average Bonchev–Trinajstić information content (AvgIpc) is 3.27. The van der Waals surface area contributed by atoms with Crippen LogP contribution in [0.1, 0.15) is 24.3 Å². The van der Waals surface area contributed by atoms with Crippen molar-refractivity contribution in [1.82, 2.24) is 9.59 Å². The lowest BCUT2D eigenvalue weighted by Gasteiger charge is -2.42. The van der Waals surface area contributed by atoms with Gasteiger partial charge in [0.2, 0.25) is 0 Å². The van der Waals surface area contributed by atoms with Crippen molar-refractivity contribution in [1.29, 1.82) is 0 Å². The number of amides is 1. The Morgan fingerprint density at radius 1 is 1.13 bits per heavy atom. The molecular formula is C21H22N4O3S2. The van der Waals surface area contributed by atoms with E-state index in [1.165, 1.54) is 6.26 Å². The first kappa shape index (κ1) is 20.5. The fourth-order valence-corrected chi connectivity index (χ4v) is 4.89. The Morgan fingerprint density at radius 2 is 1.83 bits per heavy atom. The van der Waals surface area contributed by atoms with Crippen LogP contribution < -0.4 is 9.80 Å². The summed E-state index contributed by atoms with van der Waals surface area (Å²) in [6.45, 7) is 5.58. The molecule has 1 atom stereocenters. The van der Waals surface area contributed by atoms with Gasteiger partial charge in [-0.05, 0) is 60.8 Å². The summed E-state index contributed by atoms with van der Waals surface area (Å²) in [5.41, 5.74) is 3.94. The van der Waals surface area contributed by atoms with Gasteiger partial charge >= 0.3 is 0 Å². The lowest BCUT2D eigenvalue weighted by molar-refractivity contribution is 0.0979. The van der Waals surface area contributed by atoms with E-state index in [2.05, 4.69) is 28.3 Å². The molecule has 1 aliphatic heterocycles. The number of aromatic nitrogens is 2. The van der Waals surface area contributed by atoms with E-state index in [1.807, 2.05) is 18.2 Å². The van der Waals surface area contributed by atoms with Crippen LogP contribution in [0, 0.1) is 0 Å². The van der Waals surface area contributed by atoms with Crippen molar-refractivity contribution < 1.29 is 13.2 Å². The Balaban J connectivity index is 1.78. The van der Waals surface area contributed by atoms with Crippen molar-refractivity contribution in [3.63, 3.8) is 0 Å². The van der Waals surface area contributed by atoms with Crippen molar-refractivity contribution in [3.05, 3.63) is 53.5 Å². The Morgan fingerprint density at radius 3 is 2.43 bits per heavy atom. The fraction of sp³-hybridized carbons (Fsp3) is 0.286. The fourth-order valence-electron chi connectivity index (χ4n) is 3.83. The minimum Gasteiger partial charge on any atom is -0.366 e. The summed E-state index contributed by atoms with van der Waals surface area (Å²) in [5, 5.41) is 5.61. The molecule has 0 spiro atoms. The smallest absolute Gasteiger partial charge is 0.279 e. The third kappa shape index (κ3) is 3.70. The molecule has 3 aromatic rings. The maximum atomic E-state index is 13.1. The monoisotopic (exact) mass is 442 g/mol. The van der Waals surface area contributed by atoms with Crippen LogP contribution in [0.2, 0.25) is 0 Å². The Bertz CT molecular complexity index is 1180. The second kappa shape index (κ2) is 7.81. The van der Waals surface area contributed by atoms with E-state index in [9.17, 15) is 13.2 Å². The van der Waals surface area contributed by atoms with Gasteiger partial charge in [0, 0.05) is 30.8 Å². The highest BCUT2D eigenvalue weighted by atomic mass is 32.2. The Kier molecular flexibility index (Phi) is 5.33. The number of carbonyl (C=O) groups is 1. The van der Waals surface area contributed by atoms with Gasteiger partial charge in [0.05, 0.1) is 16.3 Å².